The summed E-state index contributed by atoms with van der Waals surface area (Å²) >= 11 is 1.37. The lowest BCUT2D eigenvalue weighted by molar-refractivity contribution is 0.316. The molecule has 0 aliphatic carbocycles. The molecule has 1 aromatic heterocycles. The first-order chi connectivity index (χ1) is 7.58. The standard InChI is InChI=1S/C9H17N5OS/c1-4-8-11-9(16-13-8)14(3)6(2)5-7(10)12-15/h6,15H,4-5H2,1-3H3,(H2,10,12). The minimum absolute atomic E-state index is 0.119. The van der Waals surface area contributed by atoms with E-state index in [-0.39, 0.29) is 11.9 Å². The Kier molecular flexibility index (Phi) is 4.48. The molecule has 1 unspecified atom stereocenters. The molecule has 6 nitrogen and oxygen atoms in total. The third-order valence-corrected chi connectivity index (χ3v) is 3.21. The van der Waals surface area contributed by atoms with Crippen molar-refractivity contribution in [3.05, 3.63) is 5.82 Å². The van der Waals surface area contributed by atoms with Crippen molar-refractivity contribution in [1.82, 2.24) is 9.36 Å². The predicted molar refractivity (Wildman–Crippen MR) is 65.2 cm³/mol. The summed E-state index contributed by atoms with van der Waals surface area (Å²) in [5.74, 6) is 1.07. The molecule has 0 bridgehead atoms. The van der Waals surface area contributed by atoms with Gasteiger partial charge in [-0.2, -0.15) is 4.37 Å². The summed E-state index contributed by atoms with van der Waals surface area (Å²) in [6.45, 7) is 4.01. The molecule has 1 heterocycles. The van der Waals surface area contributed by atoms with Crippen molar-refractivity contribution >= 4 is 22.5 Å². The van der Waals surface area contributed by atoms with Crippen LogP contribution >= 0.6 is 11.5 Å². The van der Waals surface area contributed by atoms with Crippen LogP contribution in [0.2, 0.25) is 0 Å². The summed E-state index contributed by atoms with van der Waals surface area (Å²) < 4.78 is 4.22. The summed E-state index contributed by atoms with van der Waals surface area (Å²) in [6, 6.07) is 0.119. The molecular formula is C9H17N5OS. The number of nitrogens with two attached hydrogens (primary N) is 1. The van der Waals surface area contributed by atoms with Gasteiger partial charge >= 0.3 is 0 Å². The minimum atomic E-state index is 0.119. The van der Waals surface area contributed by atoms with Crippen molar-refractivity contribution in [2.45, 2.75) is 32.7 Å². The molecule has 0 fully saturated rings. The van der Waals surface area contributed by atoms with Gasteiger partial charge in [0.05, 0.1) is 0 Å². The van der Waals surface area contributed by atoms with Gasteiger partial charge < -0.3 is 15.8 Å². The van der Waals surface area contributed by atoms with Gasteiger partial charge in [0.25, 0.3) is 0 Å². The first-order valence-electron chi connectivity index (χ1n) is 5.10. The highest BCUT2D eigenvalue weighted by Gasteiger charge is 2.15. The molecule has 1 aromatic rings. The molecule has 0 radical (unpaired) electrons. The fourth-order valence-corrected chi connectivity index (χ4v) is 2.01. The highest BCUT2D eigenvalue weighted by molar-refractivity contribution is 7.09. The van der Waals surface area contributed by atoms with Crippen LogP contribution in [0.15, 0.2) is 5.16 Å². The maximum atomic E-state index is 8.50. The molecule has 0 saturated heterocycles. The fraction of sp³-hybridized carbons (Fsp3) is 0.667. The maximum absolute atomic E-state index is 8.50. The predicted octanol–water partition coefficient (Wildman–Crippen LogP) is 1.06. The van der Waals surface area contributed by atoms with Gasteiger partial charge in [-0.3, -0.25) is 0 Å². The average Bonchev–Trinajstić information content (AvgIpc) is 2.76. The van der Waals surface area contributed by atoms with Gasteiger partial charge in [-0.15, -0.1) is 0 Å². The molecule has 1 rings (SSSR count). The number of aryl methyl sites for hydroxylation is 1. The summed E-state index contributed by atoms with van der Waals surface area (Å²) in [4.78, 5) is 6.35. The summed E-state index contributed by atoms with van der Waals surface area (Å²) in [6.07, 6.45) is 1.33. The van der Waals surface area contributed by atoms with E-state index in [1.165, 1.54) is 11.5 Å². The van der Waals surface area contributed by atoms with E-state index >= 15 is 0 Å². The van der Waals surface area contributed by atoms with E-state index in [0.29, 0.717) is 6.42 Å². The lowest BCUT2D eigenvalue weighted by atomic mass is 10.2. The van der Waals surface area contributed by atoms with Crippen LogP contribution in [0.4, 0.5) is 5.13 Å². The molecule has 0 saturated carbocycles. The summed E-state index contributed by atoms with van der Waals surface area (Å²) in [5.41, 5.74) is 5.46. The van der Waals surface area contributed by atoms with Gasteiger partial charge in [-0.1, -0.05) is 12.1 Å². The van der Waals surface area contributed by atoms with Crippen molar-refractivity contribution in [2.75, 3.05) is 11.9 Å². The zero-order valence-corrected chi connectivity index (χ0v) is 10.5. The second-order valence-corrected chi connectivity index (χ2v) is 4.33. The van der Waals surface area contributed by atoms with Crippen LogP contribution in [0.1, 0.15) is 26.1 Å². The van der Waals surface area contributed by atoms with Crippen LogP contribution in [0, 0.1) is 0 Å². The van der Waals surface area contributed by atoms with Crippen molar-refractivity contribution in [2.24, 2.45) is 10.9 Å². The Morgan fingerprint density at radius 2 is 2.38 bits per heavy atom. The van der Waals surface area contributed by atoms with E-state index in [0.717, 1.165) is 17.4 Å². The number of anilines is 1. The number of rotatable bonds is 5. The molecule has 7 heteroatoms. The number of aromatic nitrogens is 2. The van der Waals surface area contributed by atoms with Crippen molar-refractivity contribution in [1.29, 1.82) is 0 Å². The second-order valence-electron chi connectivity index (χ2n) is 3.60. The zero-order chi connectivity index (χ0) is 12.1. The first kappa shape index (κ1) is 12.7. The van der Waals surface area contributed by atoms with Crippen LogP contribution in [0.5, 0.6) is 0 Å². The third kappa shape index (κ3) is 3.06. The zero-order valence-electron chi connectivity index (χ0n) is 9.71. The Bertz CT molecular complexity index is 365. The van der Waals surface area contributed by atoms with Crippen molar-refractivity contribution in [3.63, 3.8) is 0 Å². The number of amidine groups is 1. The largest absolute Gasteiger partial charge is 0.409 e. The maximum Gasteiger partial charge on any atom is 0.205 e. The Balaban J connectivity index is 2.66. The second kappa shape index (κ2) is 5.64. The number of hydrogen-bond donors (Lipinski definition) is 2. The van der Waals surface area contributed by atoms with Crippen LogP contribution in [0.25, 0.3) is 0 Å². The Morgan fingerprint density at radius 3 is 2.88 bits per heavy atom. The third-order valence-electron chi connectivity index (χ3n) is 2.37. The van der Waals surface area contributed by atoms with Gasteiger partial charge in [-0.25, -0.2) is 4.98 Å². The lowest BCUT2D eigenvalue weighted by Gasteiger charge is -2.23. The Labute approximate surface area is 99.0 Å². The molecule has 0 spiro atoms. The first-order valence-corrected chi connectivity index (χ1v) is 5.87. The molecule has 0 aliphatic rings. The topological polar surface area (TPSA) is 87.6 Å². The Morgan fingerprint density at radius 1 is 1.69 bits per heavy atom. The van der Waals surface area contributed by atoms with Gasteiger partial charge in [0.1, 0.15) is 11.7 Å². The molecule has 0 aliphatic heterocycles. The molecule has 3 N–H and O–H groups in total. The Hall–Kier alpha value is -1.37. The normalized spacial score (nSPS) is 13.8. The molecular weight excluding hydrogens is 226 g/mol. The van der Waals surface area contributed by atoms with E-state index < -0.39 is 0 Å². The van der Waals surface area contributed by atoms with E-state index in [9.17, 15) is 0 Å². The molecule has 16 heavy (non-hydrogen) atoms. The van der Waals surface area contributed by atoms with Gasteiger partial charge in [-0.05, 0) is 6.92 Å². The van der Waals surface area contributed by atoms with E-state index in [4.69, 9.17) is 10.9 Å². The number of oxime groups is 1. The van der Waals surface area contributed by atoms with Gasteiger partial charge in [0.2, 0.25) is 5.13 Å². The molecule has 1 atom stereocenters. The van der Waals surface area contributed by atoms with Crippen LogP contribution in [-0.2, 0) is 6.42 Å². The number of nitrogens with zero attached hydrogens (tertiary/aromatic N) is 4. The van der Waals surface area contributed by atoms with Gasteiger partial charge in [0, 0.05) is 37.5 Å². The highest BCUT2D eigenvalue weighted by Crippen LogP contribution is 2.19. The van der Waals surface area contributed by atoms with Crippen LogP contribution < -0.4 is 10.6 Å². The smallest absolute Gasteiger partial charge is 0.205 e. The minimum Gasteiger partial charge on any atom is -0.409 e. The quantitative estimate of drug-likeness (QED) is 0.349. The van der Waals surface area contributed by atoms with Crippen LogP contribution in [-0.4, -0.2) is 33.5 Å². The SMILES string of the molecule is CCc1nsc(N(C)C(C)CC(N)=NO)n1. The highest BCUT2D eigenvalue weighted by atomic mass is 32.1. The molecule has 0 aromatic carbocycles. The van der Waals surface area contributed by atoms with Crippen molar-refractivity contribution < 1.29 is 5.21 Å². The summed E-state index contributed by atoms with van der Waals surface area (Å²) in [5, 5.41) is 12.3. The van der Waals surface area contributed by atoms with Gasteiger partial charge in [0.15, 0.2) is 0 Å². The molecule has 0 amide bonds. The van der Waals surface area contributed by atoms with E-state index in [2.05, 4.69) is 14.5 Å². The van der Waals surface area contributed by atoms with Crippen LogP contribution in [0.3, 0.4) is 0 Å². The van der Waals surface area contributed by atoms with E-state index in [1.54, 1.807) is 0 Å². The van der Waals surface area contributed by atoms with E-state index in [1.807, 2.05) is 25.8 Å². The average molecular weight is 243 g/mol. The summed E-state index contributed by atoms with van der Waals surface area (Å²) in [7, 11) is 1.93. The number of hydrogen-bond acceptors (Lipinski definition) is 6. The lowest BCUT2D eigenvalue weighted by Crippen LogP contribution is -2.33. The molecule has 90 valence electrons. The van der Waals surface area contributed by atoms with Crippen molar-refractivity contribution in [3.8, 4) is 0 Å². The fourth-order valence-electron chi connectivity index (χ4n) is 1.20. The monoisotopic (exact) mass is 243 g/mol.